The smallest absolute Gasteiger partial charge is 0.309 e. The molecular weight excluding hydrogens is 390 g/mol. The Balaban J connectivity index is 1.47. The topological polar surface area (TPSA) is 65.1 Å². The van der Waals surface area contributed by atoms with Crippen molar-refractivity contribution >= 4 is 28.9 Å². The fourth-order valence-corrected chi connectivity index (χ4v) is 4.44. The lowest BCUT2D eigenvalue weighted by Crippen LogP contribution is -2.35. The number of rotatable bonds is 6. The van der Waals surface area contributed by atoms with Gasteiger partial charge in [-0.2, -0.15) is 0 Å². The number of carbonyl (C=O) groups is 2. The molecule has 1 saturated carbocycles. The SMILES string of the molecule is O=C(OCC(=O)N(Cc1cccs1)c1ccc2c(c1)OCCO2)C1CCCCC1. The Bertz CT molecular complexity index is 845. The highest BCUT2D eigenvalue weighted by molar-refractivity contribution is 7.09. The van der Waals surface area contributed by atoms with Crippen LogP contribution >= 0.6 is 11.3 Å². The van der Waals surface area contributed by atoms with Crippen LogP contribution in [0.25, 0.3) is 0 Å². The molecule has 1 amide bonds. The summed E-state index contributed by atoms with van der Waals surface area (Å²) in [7, 11) is 0. The van der Waals surface area contributed by atoms with Gasteiger partial charge in [0.05, 0.1) is 12.5 Å². The number of fused-ring (bicyclic) bond motifs is 1. The molecule has 0 N–H and O–H groups in total. The van der Waals surface area contributed by atoms with Gasteiger partial charge in [-0.25, -0.2) is 0 Å². The summed E-state index contributed by atoms with van der Waals surface area (Å²) in [6.07, 6.45) is 4.98. The van der Waals surface area contributed by atoms with Crippen LogP contribution in [0.3, 0.4) is 0 Å². The van der Waals surface area contributed by atoms with Crippen molar-refractivity contribution in [3.63, 3.8) is 0 Å². The van der Waals surface area contributed by atoms with Crippen molar-refractivity contribution in [1.29, 1.82) is 0 Å². The molecule has 2 aromatic rings. The molecule has 1 aliphatic heterocycles. The van der Waals surface area contributed by atoms with Gasteiger partial charge in [0.2, 0.25) is 0 Å². The number of hydrogen-bond donors (Lipinski definition) is 0. The van der Waals surface area contributed by atoms with Gasteiger partial charge in [0, 0.05) is 16.6 Å². The molecule has 4 rings (SSSR count). The lowest BCUT2D eigenvalue weighted by molar-refractivity contribution is -0.153. The lowest BCUT2D eigenvalue weighted by atomic mass is 9.89. The van der Waals surface area contributed by atoms with E-state index in [1.807, 2.05) is 35.7 Å². The number of nitrogens with zero attached hydrogens (tertiary/aromatic N) is 1. The number of carbonyl (C=O) groups excluding carboxylic acids is 2. The lowest BCUT2D eigenvalue weighted by Gasteiger charge is -2.25. The van der Waals surface area contributed by atoms with E-state index in [9.17, 15) is 9.59 Å². The molecule has 0 atom stereocenters. The maximum absolute atomic E-state index is 13.0. The predicted molar refractivity (Wildman–Crippen MR) is 110 cm³/mol. The minimum absolute atomic E-state index is 0.0726. The van der Waals surface area contributed by atoms with Gasteiger partial charge in [-0.05, 0) is 36.4 Å². The average Bonchev–Trinajstić information content (AvgIpc) is 3.29. The third-order valence-corrected chi connectivity index (χ3v) is 6.17. The molecule has 0 saturated heterocycles. The molecule has 2 aliphatic rings. The first-order valence-electron chi connectivity index (χ1n) is 10.1. The molecule has 1 aliphatic carbocycles. The van der Waals surface area contributed by atoms with Gasteiger partial charge in [-0.1, -0.05) is 25.3 Å². The summed E-state index contributed by atoms with van der Waals surface area (Å²) in [6, 6.07) is 9.39. The van der Waals surface area contributed by atoms with Crippen LogP contribution in [-0.4, -0.2) is 31.7 Å². The molecule has 7 heteroatoms. The van der Waals surface area contributed by atoms with Gasteiger partial charge in [-0.3, -0.25) is 9.59 Å². The first kappa shape index (κ1) is 19.8. The average molecular weight is 416 g/mol. The minimum Gasteiger partial charge on any atom is -0.486 e. The fourth-order valence-electron chi connectivity index (χ4n) is 3.75. The quantitative estimate of drug-likeness (QED) is 0.663. The Morgan fingerprint density at radius 2 is 1.86 bits per heavy atom. The van der Waals surface area contributed by atoms with E-state index in [0.717, 1.165) is 30.6 Å². The van der Waals surface area contributed by atoms with Crippen molar-refractivity contribution in [3.05, 3.63) is 40.6 Å². The molecule has 154 valence electrons. The molecule has 2 heterocycles. The van der Waals surface area contributed by atoms with Crippen molar-refractivity contribution in [2.24, 2.45) is 5.92 Å². The van der Waals surface area contributed by atoms with E-state index in [0.29, 0.717) is 36.9 Å². The van der Waals surface area contributed by atoms with E-state index in [1.54, 1.807) is 16.2 Å². The second-order valence-corrected chi connectivity index (χ2v) is 8.36. The van der Waals surface area contributed by atoms with E-state index in [2.05, 4.69) is 0 Å². The summed E-state index contributed by atoms with van der Waals surface area (Å²) in [5.41, 5.74) is 0.696. The van der Waals surface area contributed by atoms with E-state index in [4.69, 9.17) is 14.2 Å². The van der Waals surface area contributed by atoms with Crippen LogP contribution in [0.4, 0.5) is 5.69 Å². The van der Waals surface area contributed by atoms with Crippen LogP contribution in [0.2, 0.25) is 0 Å². The molecule has 0 bridgehead atoms. The van der Waals surface area contributed by atoms with Crippen molar-refractivity contribution < 1.29 is 23.8 Å². The maximum atomic E-state index is 13.0. The van der Waals surface area contributed by atoms with Crippen molar-refractivity contribution in [2.75, 3.05) is 24.7 Å². The summed E-state index contributed by atoms with van der Waals surface area (Å²) in [5, 5.41) is 1.98. The Hall–Kier alpha value is -2.54. The van der Waals surface area contributed by atoms with Crippen LogP contribution < -0.4 is 14.4 Å². The molecular formula is C22H25NO5S. The van der Waals surface area contributed by atoms with Gasteiger partial charge in [0.25, 0.3) is 5.91 Å². The zero-order chi connectivity index (χ0) is 20.1. The molecule has 0 spiro atoms. The first-order valence-corrected chi connectivity index (χ1v) is 11.0. The normalized spacial score (nSPS) is 16.3. The third kappa shape index (κ3) is 4.90. The summed E-state index contributed by atoms with van der Waals surface area (Å²) >= 11 is 1.58. The highest BCUT2D eigenvalue weighted by Crippen LogP contribution is 2.35. The van der Waals surface area contributed by atoms with Crippen LogP contribution in [0, 0.1) is 5.92 Å². The first-order chi connectivity index (χ1) is 14.2. The van der Waals surface area contributed by atoms with Crippen molar-refractivity contribution in [3.8, 4) is 11.5 Å². The minimum atomic E-state index is -0.255. The zero-order valence-corrected chi connectivity index (χ0v) is 17.1. The maximum Gasteiger partial charge on any atom is 0.309 e. The largest absolute Gasteiger partial charge is 0.486 e. The zero-order valence-electron chi connectivity index (χ0n) is 16.3. The summed E-state index contributed by atoms with van der Waals surface area (Å²) in [5.74, 6) is 0.719. The standard InChI is InChI=1S/C22H25NO5S/c24-21(15-28-22(25)16-5-2-1-3-6-16)23(14-18-7-4-12-29-18)17-8-9-19-20(13-17)27-11-10-26-19/h4,7-9,12-13,16H,1-3,5-6,10-11,14-15H2. The van der Waals surface area contributed by atoms with Gasteiger partial charge in [0.15, 0.2) is 18.1 Å². The fraction of sp³-hybridized carbons (Fsp3) is 0.455. The molecule has 29 heavy (non-hydrogen) atoms. The monoisotopic (exact) mass is 415 g/mol. The second kappa shape index (κ2) is 9.31. The third-order valence-electron chi connectivity index (χ3n) is 5.31. The van der Waals surface area contributed by atoms with E-state index in [1.165, 1.54) is 6.42 Å². The number of hydrogen-bond acceptors (Lipinski definition) is 6. The van der Waals surface area contributed by atoms with Gasteiger partial charge in [0.1, 0.15) is 13.2 Å². The van der Waals surface area contributed by atoms with Crippen molar-refractivity contribution in [2.45, 2.75) is 38.6 Å². The van der Waals surface area contributed by atoms with Crippen LogP contribution in [0.1, 0.15) is 37.0 Å². The highest BCUT2D eigenvalue weighted by atomic mass is 32.1. The van der Waals surface area contributed by atoms with Crippen LogP contribution in [0.15, 0.2) is 35.7 Å². The molecule has 6 nitrogen and oxygen atoms in total. The molecule has 0 unspecified atom stereocenters. The van der Waals surface area contributed by atoms with Gasteiger partial charge >= 0.3 is 5.97 Å². The van der Waals surface area contributed by atoms with Gasteiger partial charge in [-0.15, -0.1) is 11.3 Å². The highest BCUT2D eigenvalue weighted by Gasteiger charge is 2.25. The number of ether oxygens (including phenoxy) is 3. The van der Waals surface area contributed by atoms with Gasteiger partial charge < -0.3 is 19.1 Å². The molecule has 1 fully saturated rings. The Morgan fingerprint density at radius 3 is 2.62 bits per heavy atom. The molecule has 0 radical (unpaired) electrons. The molecule has 1 aromatic heterocycles. The van der Waals surface area contributed by atoms with Crippen LogP contribution in [-0.2, 0) is 20.9 Å². The van der Waals surface area contributed by atoms with E-state index < -0.39 is 0 Å². The summed E-state index contributed by atoms with van der Waals surface area (Å²) in [6.45, 7) is 1.15. The predicted octanol–water partition coefficient (Wildman–Crippen LogP) is 4.18. The number of benzene rings is 1. The summed E-state index contributed by atoms with van der Waals surface area (Å²) < 4.78 is 16.6. The molecule has 1 aromatic carbocycles. The van der Waals surface area contributed by atoms with E-state index >= 15 is 0 Å². The van der Waals surface area contributed by atoms with Crippen molar-refractivity contribution in [1.82, 2.24) is 0 Å². The van der Waals surface area contributed by atoms with Crippen LogP contribution in [0.5, 0.6) is 11.5 Å². The number of anilines is 1. The second-order valence-electron chi connectivity index (χ2n) is 7.33. The summed E-state index contributed by atoms with van der Waals surface area (Å²) in [4.78, 5) is 28.0. The number of esters is 1. The Morgan fingerprint density at radius 1 is 1.07 bits per heavy atom. The number of amides is 1. The number of thiophene rings is 1. The van der Waals surface area contributed by atoms with E-state index in [-0.39, 0.29) is 24.4 Å². The Labute approximate surface area is 174 Å². The Kier molecular flexibility index (Phi) is 6.34.